The van der Waals surface area contributed by atoms with Gasteiger partial charge in [-0.25, -0.2) is 0 Å². The molecule has 0 aromatic heterocycles. The summed E-state index contributed by atoms with van der Waals surface area (Å²) in [5.41, 5.74) is 1.65. The molecule has 3 rings (SSSR count). The fourth-order valence-corrected chi connectivity index (χ4v) is 2.64. The van der Waals surface area contributed by atoms with Gasteiger partial charge in [0.1, 0.15) is 5.75 Å². The minimum atomic E-state index is -0.921. The molecule has 0 atom stereocenters. The fraction of sp³-hybridized carbons (Fsp3) is 0.278. The van der Waals surface area contributed by atoms with E-state index in [2.05, 4.69) is 0 Å². The number of hydrogen-bond acceptors (Lipinski definition) is 3. The Hall–Kier alpha value is -2.33. The molecule has 22 heavy (non-hydrogen) atoms. The van der Waals surface area contributed by atoms with Gasteiger partial charge in [-0.2, -0.15) is 0 Å². The number of carbonyl (C=O) groups excluding carboxylic acids is 1. The maximum Gasteiger partial charge on any atom is 0.271 e. The van der Waals surface area contributed by atoms with Crippen LogP contribution in [-0.2, 0) is 17.9 Å². The van der Waals surface area contributed by atoms with E-state index in [0.717, 1.165) is 16.8 Å². The zero-order valence-electron chi connectivity index (χ0n) is 12.7. The van der Waals surface area contributed by atoms with Gasteiger partial charge in [0, 0.05) is 0 Å². The molecule has 0 saturated carbocycles. The van der Waals surface area contributed by atoms with E-state index in [9.17, 15) is 9.90 Å². The molecule has 1 amide bonds. The van der Waals surface area contributed by atoms with Crippen LogP contribution in [0.25, 0.3) is 0 Å². The molecule has 4 nitrogen and oxygen atoms in total. The quantitative estimate of drug-likeness (QED) is 0.947. The molecular formula is C18H19NO3. The third-order valence-electron chi connectivity index (χ3n) is 3.81. The molecule has 0 aliphatic carbocycles. The van der Waals surface area contributed by atoms with E-state index in [1.807, 2.05) is 42.5 Å². The number of aliphatic hydroxyl groups is 1. The van der Waals surface area contributed by atoms with Crippen molar-refractivity contribution in [2.75, 3.05) is 4.90 Å². The lowest BCUT2D eigenvalue weighted by atomic mass is 10.0. The molecule has 0 spiro atoms. The summed E-state index contributed by atoms with van der Waals surface area (Å²) in [5.74, 6) is 0.563. The molecule has 2 aromatic rings. The summed E-state index contributed by atoms with van der Waals surface area (Å²) in [6.45, 7) is 3.98. The second-order valence-electron chi connectivity index (χ2n) is 5.95. The zero-order valence-corrected chi connectivity index (χ0v) is 12.7. The Morgan fingerprint density at radius 1 is 1.09 bits per heavy atom. The highest BCUT2D eigenvalue weighted by molar-refractivity contribution is 6.02. The molecule has 0 bridgehead atoms. The monoisotopic (exact) mass is 297 g/mol. The Balaban J connectivity index is 2.03. The molecule has 0 radical (unpaired) electrons. The van der Waals surface area contributed by atoms with E-state index < -0.39 is 5.60 Å². The van der Waals surface area contributed by atoms with Gasteiger partial charge in [0.25, 0.3) is 5.91 Å². The van der Waals surface area contributed by atoms with Gasteiger partial charge < -0.3 is 14.7 Å². The average Bonchev–Trinajstić information content (AvgIpc) is 2.52. The van der Waals surface area contributed by atoms with Crippen molar-refractivity contribution in [3.05, 3.63) is 59.7 Å². The first kappa shape index (κ1) is 14.6. The Bertz CT molecular complexity index is 695. The number of hydrogen-bond donors (Lipinski definition) is 1. The van der Waals surface area contributed by atoms with Crippen LogP contribution in [0.5, 0.6) is 5.75 Å². The number of anilines is 1. The molecular weight excluding hydrogens is 278 g/mol. The van der Waals surface area contributed by atoms with Crippen molar-refractivity contribution in [3.8, 4) is 5.75 Å². The standard InChI is InChI=1S/C18H19NO3/c1-18(2)17(21)19(11-13-6-4-3-5-7-13)15-9-8-14(12-20)10-16(15)22-18/h3-10,20H,11-12H2,1-2H3. The smallest absolute Gasteiger partial charge is 0.271 e. The second kappa shape index (κ2) is 5.46. The summed E-state index contributed by atoms with van der Waals surface area (Å²) >= 11 is 0. The first-order valence-corrected chi connectivity index (χ1v) is 7.30. The van der Waals surface area contributed by atoms with Gasteiger partial charge >= 0.3 is 0 Å². The molecule has 1 aliphatic rings. The van der Waals surface area contributed by atoms with Gasteiger partial charge in [0.2, 0.25) is 0 Å². The van der Waals surface area contributed by atoms with Gasteiger partial charge in [-0.05, 0) is 37.1 Å². The summed E-state index contributed by atoms with van der Waals surface area (Å²) in [4.78, 5) is 14.5. The Kier molecular flexibility index (Phi) is 3.62. The van der Waals surface area contributed by atoms with Gasteiger partial charge in [-0.1, -0.05) is 36.4 Å². The van der Waals surface area contributed by atoms with E-state index >= 15 is 0 Å². The van der Waals surface area contributed by atoms with E-state index in [1.54, 1.807) is 24.8 Å². The third-order valence-corrected chi connectivity index (χ3v) is 3.81. The van der Waals surface area contributed by atoms with E-state index in [0.29, 0.717) is 12.3 Å². The topological polar surface area (TPSA) is 49.8 Å². The highest BCUT2D eigenvalue weighted by Gasteiger charge is 2.40. The summed E-state index contributed by atoms with van der Waals surface area (Å²) in [6, 6.07) is 15.3. The zero-order chi connectivity index (χ0) is 15.7. The lowest BCUT2D eigenvalue weighted by molar-refractivity contribution is -0.132. The summed E-state index contributed by atoms with van der Waals surface area (Å²) in [7, 11) is 0. The molecule has 0 unspecified atom stereocenters. The van der Waals surface area contributed by atoms with Crippen LogP contribution in [0.2, 0.25) is 0 Å². The molecule has 0 fully saturated rings. The van der Waals surface area contributed by atoms with Crippen molar-refractivity contribution in [1.29, 1.82) is 0 Å². The Morgan fingerprint density at radius 2 is 1.82 bits per heavy atom. The number of ether oxygens (including phenoxy) is 1. The highest BCUT2D eigenvalue weighted by Crippen LogP contribution is 2.39. The van der Waals surface area contributed by atoms with E-state index in [-0.39, 0.29) is 12.5 Å². The summed E-state index contributed by atoms with van der Waals surface area (Å²) in [5, 5.41) is 9.29. The summed E-state index contributed by atoms with van der Waals surface area (Å²) < 4.78 is 5.84. The first-order chi connectivity index (χ1) is 10.5. The minimum absolute atomic E-state index is 0.0519. The third kappa shape index (κ3) is 2.57. The molecule has 1 N–H and O–H groups in total. The fourth-order valence-electron chi connectivity index (χ4n) is 2.64. The van der Waals surface area contributed by atoms with Crippen molar-refractivity contribution < 1.29 is 14.6 Å². The van der Waals surface area contributed by atoms with Crippen LogP contribution in [0.1, 0.15) is 25.0 Å². The van der Waals surface area contributed by atoms with Crippen LogP contribution >= 0.6 is 0 Å². The van der Waals surface area contributed by atoms with Crippen LogP contribution in [0.15, 0.2) is 48.5 Å². The van der Waals surface area contributed by atoms with Gasteiger partial charge in [-0.15, -0.1) is 0 Å². The van der Waals surface area contributed by atoms with Crippen molar-refractivity contribution in [2.45, 2.75) is 32.6 Å². The van der Waals surface area contributed by atoms with Gasteiger partial charge in [0.15, 0.2) is 5.60 Å². The maximum atomic E-state index is 12.7. The maximum absolute atomic E-state index is 12.7. The normalized spacial score (nSPS) is 16.1. The molecule has 114 valence electrons. The number of aliphatic hydroxyl groups excluding tert-OH is 1. The molecule has 2 aromatic carbocycles. The molecule has 1 aliphatic heterocycles. The van der Waals surface area contributed by atoms with E-state index in [4.69, 9.17) is 4.74 Å². The van der Waals surface area contributed by atoms with Crippen LogP contribution in [0, 0.1) is 0 Å². The molecule has 0 saturated heterocycles. The van der Waals surface area contributed by atoms with Crippen molar-refractivity contribution in [1.82, 2.24) is 0 Å². The second-order valence-corrected chi connectivity index (χ2v) is 5.95. The number of rotatable bonds is 3. The lowest BCUT2D eigenvalue weighted by Gasteiger charge is -2.39. The SMILES string of the molecule is CC1(C)Oc2cc(CO)ccc2N(Cc2ccccc2)C1=O. The molecule has 4 heteroatoms. The van der Waals surface area contributed by atoms with E-state index in [1.165, 1.54) is 0 Å². The summed E-state index contributed by atoms with van der Waals surface area (Å²) in [6.07, 6.45) is 0. The minimum Gasteiger partial charge on any atom is -0.476 e. The van der Waals surface area contributed by atoms with Crippen molar-refractivity contribution in [2.24, 2.45) is 0 Å². The van der Waals surface area contributed by atoms with Crippen LogP contribution in [0.4, 0.5) is 5.69 Å². The van der Waals surface area contributed by atoms with Crippen LogP contribution in [0.3, 0.4) is 0 Å². The van der Waals surface area contributed by atoms with Gasteiger partial charge in [0.05, 0.1) is 18.8 Å². The van der Waals surface area contributed by atoms with Gasteiger partial charge in [-0.3, -0.25) is 4.79 Å². The average molecular weight is 297 g/mol. The Morgan fingerprint density at radius 3 is 2.50 bits per heavy atom. The number of fused-ring (bicyclic) bond motifs is 1. The van der Waals surface area contributed by atoms with Crippen LogP contribution in [-0.4, -0.2) is 16.6 Å². The highest BCUT2D eigenvalue weighted by atomic mass is 16.5. The lowest BCUT2D eigenvalue weighted by Crippen LogP contribution is -2.52. The van der Waals surface area contributed by atoms with Crippen molar-refractivity contribution >= 4 is 11.6 Å². The number of carbonyl (C=O) groups is 1. The number of nitrogens with zero attached hydrogens (tertiary/aromatic N) is 1. The predicted molar refractivity (Wildman–Crippen MR) is 84.7 cm³/mol. The predicted octanol–water partition coefficient (Wildman–Crippen LogP) is 2.88. The molecule has 1 heterocycles. The van der Waals surface area contributed by atoms with Crippen molar-refractivity contribution in [3.63, 3.8) is 0 Å². The van der Waals surface area contributed by atoms with Crippen LogP contribution < -0.4 is 9.64 Å². The largest absolute Gasteiger partial charge is 0.476 e. The first-order valence-electron chi connectivity index (χ1n) is 7.30. The Labute approximate surface area is 130 Å². The number of benzene rings is 2. The number of amides is 1.